The summed E-state index contributed by atoms with van der Waals surface area (Å²) < 4.78 is 50.5. The lowest BCUT2D eigenvalue weighted by atomic mass is 10.3. The molecule has 0 unspecified atom stereocenters. The maximum atomic E-state index is 12.9. The van der Waals surface area contributed by atoms with Crippen LogP contribution in [0.15, 0.2) is 33.9 Å². The molecule has 1 heterocycles. The van der Waals surface area contributed by atoms with Gasteiger partial charge in [0, 0.05) is 6.07 Å². The number of aromatic nitrogens is 2. The van der Waals surface area contributed by atoms with E-state index < -0.39 is 28.9 Å². The summed E-state index contributed by atoms with van der Waals surface area (Å²) in [7, 11) is 0. The zero-order chi connectivity index (χ0) is 15.1. The summed E-state index contributed by atoms with van der Waals surface area (Å²) in [4.78, 5) is 24.8. The van der Waals surface area contributed by atoms with Gasteiger partial charge in [-0.25, -0.2) is 13.8 Å². The smallest absolute Gasteiger partial charge is 0.303 e. The Balaban J connectivity index is 2.71. The first-order valence-corrected chi connectivity index (χ1v) is 5.47. The molecule has 2 rings (SSSR count). The van der Waals surface area contributed by atoms with E-state index in [1.54, 1.807) is 0 Å². The van der Waals surface area contributed by atoms with Gasteiger partial charge in [-0.3, -0.25) is 4.79 Å². The first kappa shape index (κ1) is 14.3. The molecule has 0 aliphatic heterocycles. The Hall–Kier alpha value is -2.09. The van der Waals surface area contributed by atoms with Gasteiger partial charge in [0.05, 0.1) is 10.7 Å². The number of aromatic amines is 1. The zero-order valence-corrected chi connectivity index (χ0v) is 10.2. The molecule has 106 valence electrons. The van der Waals surface area contributed by atoms with Gasteiger partial charge in [-0.15, -0.1) is 0 Å². The van der Waals surface area contributed by atoms with Crippen LogP contribution < -0.4 is 11.2 Å². The highest BCUT2D eigenvalue weighted by Crippen LogP contribution is 2.26. The number of halogens is 5. The Morgan fingerprint density at radius 3 is 2.30 bits per heavy atom. The fourth-order valence-corrected chi connectivity index (χ4v) is 1.79. The number of benzene rings is 1. The van der Waals surface area contributed by atoms with Crippen molar-refractivity contribution in [2.24, 2.45) is 0 Å². The third kappa shape index (κ3) is 2.60. The fourth-order valence-electron chi connectivity index (χ4n) is 1.54. The van der Waals surface area contributed by atoms with Crippen LogP contribution in [0.4, 0.5) is 17.6 Å². The summed E-state index contributed by atoms with van der Waals surface area (Å²) in [6.45, 7) is 0. The second kappa shape index (κ2) is 4.78. The Morgan fingerprint density at radius 1 is 1.15 bits per heavy atom. The molecule has 0 atom stereocenters. The average Bonchev–Trinajstić information content (AvgIpc) is 2.29. The number of nitrogens with zero attached hydrogens (tertiary/aromatic N) is 1. The lowest BCUT2D eigenvalue weighted by Crippen LogP contribution is -2.36. The lowest BCUT2D eigenvalue weighted by Gasteiger charge is -2.09. The summed E-state index contributed by atoms with van der Waals surface area (Å²) in [6.07, 6.45) is -4.86. The largest absolute Gasteiger partial charge is 0.431 e. The number of H-pyrrole nitrogens is 1. The van der Waals surface area contributed by atoms with E-state index >= 15 is 0 Å². The van der Waals surface area contributed by atoms with Crippen LogP contribution in [-0.4, -0.2) is 9.55 Å². The van der Waals surface area contributed by atoms with E-state index in [-0.39, 0.29) is 16.8 Å². The van der Waals surface area contributed by atoms with Crippen molar-refractivity contribution in [3.8, 4) is 5.69 Å². The molecule has 0 fully saturated rings. The Kier molecular flexibility index (Phi) is 3.43. The summed E-state index contributed by atoms with van der Waals surface area (Å²) in [5.74, 6) is -0.713. The van der Waals surface area contributed by atoms with E-state index in [0.29, 0.717) is 4.57 Å². The molecule has 1 aromatic heterocycles. The monoisotopic (exact) mass is 308 g/mol. The molecule has 0 aliphatic rings. The van der Waals surface area contributed by atoms with E-state index in [1.165, 1.54) is 4.98 Å². The van der Waals surface area contributed by atoms with Crippen molar-refractivity contribution in [3.05, 3.63) is 61.6 Å². The van der Waals surface area contributed by atoms with Crippen LogP contribution in [0.1, 0.15) is 5.69 Å². The molecule has 1 N–H and O–H groups in total. The standard InChI is InChI=1S/C11H5ClF4N2O2/c12-6-3-5(13)1-2-7(6)18-9(19)4-8(11(14,15)16)17-10(18)20/h1-4H,(H,17,20). The Labute approximate surface area is 113 Å². The molecule has 0 spiro atoms. The van der Waals surface area contributed by atoms with E-state index in [0.717, 1.165) is 18.2 Å². The lowest BCUT2D eigenvalue weighted by molar-refractivity contribution is -0.141. The maximum Gasteiger partial charge on any atom is 0.431 e. The first-order chi connectivity index (χ1) is 9.20. The molecule has 2 aromatic rings. The summed E-state index contributed by atoms with van der Waals surface area (Å²) in [5, 5.41) is -0.280. The van der Waals surface area contributed by atoms with Gasteiger partial charge in [0.25, 0.3) is 5.56 Å². The van der Waals surface area contributed by atoms with Gasteiger partial charge in [0.2, 0.25) is 0 Å². The van der Waals surface area contributed by atoms with Gasteiger partial charge in [-0.1, -0.05) is 11.6 Å². The van der Waals surface area contributed by atoms with Crippen molar-refractivity contribution in [3.63, 3.8) is 0 Å². The number of rotatable bonds is 1. The third-order valence-electron chi connectivity index (χ3n) is 2.39. The maximum absolute atomic E-state index is 12.9. The van der Waals surface area contributed by atoms with Crippen LogP contribution in [0, 0.1) is 5.82 Å². The van der Waals surface area contributed by atoms with E-state index in [4.69, 9.17) is 11.6 Å². The second-order valence-corrected chi connectivity index (χ2v) is 4.16. The molecule has 0 bridgehead atoms. The molecule has 0 radical (unpaired) electrons. The van der Waals surface area contributed by atoms with Crippen LogP contribution in [0.2, 0.25) is 5.02 Å². The summed E-state index contributed by atoms with van der Waals surface area (Å²) >= 11 is 5.66. The molecule has 1 aromatic carbocycles. The highest BCUT2D eigenvalue weighted by atomic mass is 35.5. The third-order valence-corrected chi connectivity index (χ3v) is 2.69. The van der Waals surface area contributed by atoms with Crippen LogP contribution in [0.5, 0.6) is 0 Å². The predicted molar refractivity (Wildman–Crippen MR) is 62.6 cm³/mol. The molecular formula is C11H5ClF4N2O2. The van der Waals surface area contributed by atoms with Crippen molar-refractivity contribution in [2.75, 3.05) is 0 Å². The fraction of sp³-hybridized carbons (Fsp3) is 0.0909. The van der Waals surface area contributed by atoms with Crippen molar-refractivity contribution in [1.29, 1.82) is 0 Å². The molecule has 20 heavy (non-hydrogen) atoms. The van der Waals surface area contributed by atoms with Crippen molar-refractivity contribution in [2.45, 2.75) is 6.18 Å². The van der Waals surface area contributed by atoms with Crippen LogP contribution in [0.3, 0.4) is 0 Å². The predicted octanol–water partition coefficient (Wildman–Crippen LogP) is 2.34. The van der Waals surface area contributed by atoms with Crippen molar-refractivity contribution in [1.82, 2.24) is 9.55 Å². The molecule has 4 nitrogen and oxygen atoms in total. The number of hydrogen-bond donors (Lipinski definition) is 1. The van der Waals surface area contributed by atoms with Gasteiger partial charge in [-0.05, 0) is 18.2 Å². The highest BCUT2D eigenvalue weighted by molar-refractivity contribution is 6.32. The van der Waals surface area contributed by atoms with Gasteiger partial charge < -0.3 is 4.98 Å². The van der Waals surface area contributed by atoms with Gasteiger partial charge in [0.1, 0.15) is 11.5 Å². The quantitative estimate of drug-likeness (QED) is 0.822. The number of hydrogen-bond acceptors (Lipinski definition) is 2. The minimum atomic E-state index is -4.86. The number of nitrogens with one attached hydrogen (secondary N) is 1. The molecule has 0 amide bonds. The molecule has 0 saturated carbocycles. The van der Waals surface area contributed by atoms with Gasteiger partial charge in [-0.2, -0.15) is 13.2 Å². The van der Waals surface area contributed by atoms with E-state index in [1.807, 2.05) is 0 Å². The first-order valence-electron chi connectivity index (χ1n) is 5.09. The highest BCUT2D eigenvalue weighted by Gasteiger charge is 2.33. The minimum Gasteiger partial charge on any atom is -0.303 e. The Bertz CT molecular complexity index is 748. The van der Waals surface area contributed by atoms with Crippen LogP contribution >= 0.6 is 11.6 Å². The van der Waals surface area contributed by atoms with E-state index in [2.05, 4.69) is 0 Å². The zero-order valence-electron chi connectivity index (χ0n) is 9.46. The van der Waals surface area contributed by atoms with Crippen molar-refractivity contribution < 1.29 is 17.6 Å². The van der Waals surface area contributed by atoms with Crippen LogP contribution in [-0.2, 0) is 6.18 Å². The van der Waals surface area contributed by atoms with Gasteiger partial charge >= 0.3 is 11.9 Å². The summed E-state index contributed by atoms with van der Waals surface area (Å²) in [6, 6.07) is 2.99. The topological polar surface area (TPSA) is 54.9 Å². The molecular weight excluding hydrogens is 304 g/mol. The van der Waals surface area contributed by atoms with Crippen molar-refractivity contribution >= 4 is 11.6 Å². The van der Waals surface area contributed by atoms with E-state index in [9.17, 15) is 27.2 Å². The molecule has 9 heteroatoms. The SMILES string of the molecule is O=c1cc(C(F)(F)F)[nH]c(=O)n1-c1ccc(F)cc1Cl. The average molecular weight is 309 g/mol. The molecule has 0 saturated heterocycles. The van der Waals surface area contributed by atoms with Gasteiger partial charge in [0.15, 0.2) is 0 Å². The number of alkyl halides is 3. The normalized spacial score (nSPS) is 11.7. The Morgan fingerprint density at radius 2 is 1.80 bits per heavy atom. The molecule has 0 aliphatic carbocycles. The summed E-state index contributed by atoms with van der Waals surface area (Å²) in [5.41, 5.74) is -4.23. The van der Waals surface area contributed by atoms with Crippen LogP contribution in [0.25, 0.3) is 5.69 Å². The second-order valence-electron chi connectivity index (χ2n) is 3.76. The minimum absolute atomic E-state index is 0.215.